The smallest absolute Gasteiger partial charge is 0.410 e. The lowest BCUT2D eigenvalue weighted by Gasteiger charge is -2.27. The molecule has 2 aliphatic heterocycles. The number of urea groups is 1. The number of ether oxygens (including phenoxy) is 1. The van der Waals surface area contributed by atoms with Gasteiger partial charge in [-0.1, -0.05) is 23.2 Å². The summed E-state index contributed by atoms with van der Waals surface area (Å²) in [6, 6.07) is 4.11. The Labute approximate surface area is 173 Å². The number of halogens is 2. The summed E-state index contributed by atoms with van der Waals surface area (Å²) in [6.45, 7) is 6.20. The first-order valence-corrected chi connectivity index (χ1v) is 9.88. The first-order chi connectivity index (χ1) is 13.0. The molecule has 28 heavy (non-hydrogen) atoms. The van der Waals surface area contributed by atoms with Crippen LogP contribution >= 0.6 is 23.2 Å². The van der Waals surface area contributed by atoms with Gasteiger partial charge in [0.05, 0.1) is 15.7 Å². The number of nitrogens with zero attached hydrogens (tertiary/aromatic N) is 2. The van der Waals surface area contributed by atoms with Gasteiger partial charge in [0, 0.05) is 13.1 Å². The normalized spacial score (nSPS) is 23.0. The topological polar surface area (TPSA) is 79.0 Å². The van der Waals surface area contributed by atoms with Crippen LogP contribution in [0.5, 0.6) is 0 Å². The molecule has 1 aromatic carbocycles. The Morgan fingerprint density at radius 3 is 2.50 bits per heavy atom. The molecule has 1 N–H and O–H groups in total. The summed E-state index contributed by atoms with van der Waals surface area (Å²) in [5, 5.41) is 3.44. The van der Waals surface area contributed by atoms with Crippen molar-refractivity contribution in [3.05, 3.63) is 28.2 Å². The molecule has 3 rings (SSSR count). The van der Waals surface area contributed by atoms with Gasteiger partial charge in [-0.2, -0.15) is 0 Å². The number of hydrogen-bond acceptors (Lipinski definition) is 4. The van der Waals surface area contributed by atoms with Crippen LogP contribution < -0.4 is 10.2 Å². The van der Waals surface area contributed by atoms with Crippen molar-refractivity contribution in [3.63, 3.8) is 0 Å². The number of carbonyl (C=O) groups is 3. The van der Waals surface area contributed by atoms with Crippen LogP contribution in [0.1, 0.15) is 40.0 Å². The van der Waals surface area contributed by atoms with E-state index in [0.717, 1.165) is 4.90 Å². The number of carbonyl (C=O) groups excluding carboxylic acids is 3. The quantitative estimate of drug-likeness (QED) is 0.680. The third-order valence-corrected chi connectivity index (χ3v) is 5.55. The Balaban J connectivity index is 1.78. The van der Waals surface area contributed by atoms with E-state index in [1.807, 2.05) is 0 Å². The standard InChI is InChI=1S/C19H23Cl2N3O4/c1-18(2,3)28-17(27)23-9-4-7-19(8-10-23)15(25)24(16(26)22-19)12-5-6-13(20)14(21)11-12/h5-6,11H,4,7-10H2,1-3H3,(H,22,26). The van der Waals surface area contributed by atoms with Crippen LogP contribution in [-0.4, -0.2) is 47.2 Å². The zero-order chi connectivity index (χ0) is 20.7. The summed E-state index contributed by atoms with van der Waals surface area (Å²) in [5.41, 5.74) is -1.27. The molecule has 2 fully saturated rings. The maximum atomic E-state index is 13.2. The van der Waals surface area contributed by atoms with E-state index in [4.69, 9.17) is 27.9 Å². The third kappa shape index (κ3) is 4.05. The predicted octanol–water partition coefficient (Wildman–Crippen LogP) is 4.21. The molecule has 0 saturated carbocycles. The molecule has 2 aliphatic rings. The number of nitrogens with one attached hydrogen (secondary N) is 1. The molecular formula is C19H23Cl2N3O4. The number of anilines is 1. The molecule has 152 valence electrons. The Morgan fingerprint density at radius 1 is 1.14 bits per heavy atom. The second-order valence-electron chi connectivity index (χ2n) is 8.07. The number of hydrogen-bond donors (Lipinski definition) is 1. The summed E-state index contributed by atoms with van der Waals surface area (Å²) in [6.07, 6.45) is 0.909. The van der Waals surface area contributed by atoms with E-state index in [9.17, 15) is 14.4 Å². The van der Waals surface area contributed by atoms with Crippen LogP contribution in [0, 0.1) is 0 Å². The zero-order valence-electron chi connectivity index (χ0n) is 16.1. The fraction of sp³-hybridized carbons (Fsp3) is 0.526. The first kappa shape index (κ1) is 20.7. The van der Waals surface area contributed by atoms with Gasteiger partial charge in [-0.25, -0.2) is 14.5 Å². The molecule has 0 aliphatic carbocycles. The molecule has 0 bridgehead atoms. The molecule has 4 amide bonds. The van der Waals surface area contributed by atoms with E-state index >= 15 is 0 Å². The molecule has 0 radical (unpaired) electrons. The number of imide groups is 1. The van der Waals surface area contributed by atoms with Crippen LogP contribution in [0.25, 0.3) is 0 Å². The Kier molecular flexibility index (Phi) is 5.51. The van der Waals surface area contributed by atoms with Crippen LogP contribution in [-0.2, 0) is 9.53 Å². The molecule has 1 unspecified atom stereocenters. The van der Waals surface area contributed by atoms with Gasteiger partial charge >= 0.3 is 12.1 Å². The zero-order valence-corrected chi connectivity index (χ0v) is 17.6. The fourth-order valence-electron chi connectivity index (χ4n) is 3.46. The highest BCUT2D eigenvalue weighted by atomic mass is 35.5. The van der Waals surface area contributed by atoms with Gasteiger partial charge in [-0.15, -0.1) is 0 Å². The summed E-state index contributed by atoms with van der Waals surface area (Å²) in [7, 11) is 0. The van der Waals surface area contributed by atoms with Gasteiger partial charge in [0.1, 0.15) is 11.1 Å². The van der Waals surface area contributed by atoms with Crippen LogP contribution in [0.4, 0.5) is 15.3 Å². The number of amides is 4. The maximum Gasteiger partial charge on any atom is 0.410 e. The minimum absolute atomic E-state index is 0.262. The van der Waals surface area contributed by atoms with Crippen molar-refractivity contribution in [2.24, 2.45) is 0 Å². The second-order valence-corrected chi connectivity index (χ2v) is 8.89. The predicted molar refractivity (Wildman–Crippen MR) is 107 cm³/mol. The van der Waals surface area contributed by atoms with Crippen molar-refractivity contribution < 1.29 is 19.1 Å². The SMILES string of the molecule is CC(C)(C)OC(=O)N1CCCC2(CC1)NC(=O)N(c1ccc(Cl)c(Cl)c1)C2=O. The largest absolute Gasteiger partial charge is 0.444 e. The van der Waals surface area contributed by atoms with Gasteiger partial charge < -0.3 is 15.0 Å². The minimum Gasteiger partial charge on any atom is -0.444 e. The second kappa shape index (κ2) is 7.44. The summed E-state index contributed by atoms with van der Waals surface area (Å²) in [5.74, 6) is -0.345. The minimum atomic E-state index is -1.04. The lowest BCUT2D eigenvalue weighted by Crippen LogP contribution is -2.48. The summed E-state index contributed by atoms with van der Waals surface area (Å²) in [4.78, 5) is 40.8. The van der Waals surface area contributed by atoms with Crippen molar-refractivity contribution >= 4 is 46.9 Å². The van der Waals surface area contributed by atoms with Gasteiger partial charge in [0.25, 0.3) is 5.91 Å². The number of rotatable bonds is 1. The highest BCUT2D eigenvalue weighted by Gasteiger charge is 2.52. The lowest BCUT2D eigenvalue weighted by atomic mass is 9.90. The molecule has 1 spiro atoms. The highest BCUT2D eigenvalue weighted by Crippen LogP contribution is 2.35. The van der Waals surface area contributed by atoms with E-state index in [2.05, 4.69) is 5.32 Å². The van der Waals surface area contributed by atoms with Crippen molar-refractivity contribution in [2.75, 3.05) is 18.0 Å². The van der Waals surface area contributed by atoms with Gasteiger partial charge in [0.2, 0.25) is 0 Å². The third-order valence-electron chi connectivity index (χ3n) is 4.81. The summed E-state index contributed by atoms with van der Waals surface area (Å²) >= 11 is 12.0. The van der Waals surface area contributed by atoms with Crippen LogP contribution in [0.3, 0.4) is 0 Å². The van der Waals surface area contributed by atoms with E-state index in [-0.39, 0.29) is 10.9 Å². The van der Waals surface area contributed by atoms with Crippen molar-refractivity contribution in [3.8, 4) is 0 Å². The van der Waals surface area contributed by atoms with Gasteiger partial charge in [-0.3, -0.25) is 4.79 Å². The molecule has 9 heteroatoms. The average molecular weight is 428 g/mol. The fourth-order valence-corrected chi connectivity index (χ4v) is 3.75. The van der Waals surface area contributed by atoms with Crippen LogP contribution in [0.15, 0.2) is 18.2 Å². The molecule has 1 atom stereocenters. The van der Waals surface area contributed by atoms with Crippen LogP contribution in [0.2, 0.25) is 10.0 Å². The Bertz CT molecular complexity index is 824. The lowest BCUT2D eigenvalue weighted by molar-refractivity contribution is -0.122. The number of benzene rings is 1. The molecule has 7 nitrogen and oxygen atoms in total. The monoisotopic (exact) mass is 427 g/mol. The highest BCUT2D eigenvalue weighted by molar-refractivity contribution is 6.42. The van der Waals surface area contributed by atoms with Crippen molar-refractivity contribution in [1.82, 2.24) is 10.2 Å². The molecule has 2 saturated heterocycles. The molecule has 1 aromatic rings. The Hall–Kier alpha value is -1.99. The molecule has 2 heterocycles. The van der Waals surface area contributed by atoms with E-state index in [0.29, 0.717) is 43.1 Å². The molecular weight excluding hydrogens is 405 g/mol. The van der Waals surface area contributed by atoms with Gasteiger partial charge in [-0.05, 0) is 58.2 Å². The number of likely N-dealkylation sites (tertiary alicyclic amines) is 1. The van der Waals surface area contributed by atoms with Crippen molar-refractivity contribution in [2.45, 2.75) is 51.2 Å². The van der Waals surface area contributed by atoms with E-state index < -0.39 is 23.3 Å². The summed E-state index contributed by atoms with van der Waals surface area (Å²) < 4.78 is 5.42. The van der Waals surface area contributed by atoms with E-state index in [1.54, 1.807) is 37.8 Å². The maximum absolute atomic E-state index is 13.2. The molecule has 0 aromatic heterocycles. The van der Waals surface area contributed by atoms with Crippen molar-refractivity contribution in [1.29, 1.82) is 0 Å². The van der Waals surface area contributed by atoms with E-state index in [1.165, 1.54) is 6.07 Å². The van der Waals surface area contributed by atoms with Gasteiger partial charge in [0.15, 0.2) is 0 Å². The first-order valence-electron chi connectivity index (χ1n) is 9.12. The Morgan fingerprint density at radius 2 is 1.86 bits per heavy atom. The average Bonchev–Trinajstić information content (AvgIpc) is 2.73.